The molecule has 6 nitrogen and oxygen atoms in total. The number of carboxylic acid groups (broad SMARTS) is 1. The molecule has 1 aromatic heterocycles. The summed E-state index contributed by atoms with van der Waals surface area (Å²) in [4.78, 5) is 39.3. The SMILES string of the molecule is CCCCCCCCCCCCCCCC(=O)NCC(=O)CC(Cc1c[nH]c2ccccc12)C(=O)O. The van der Waals surface area contributed by atoms with Gasteiger partial charge in [0.05, 0.1) is 12.5 Å². The topological polar surface area (TPSA) is 99.3 Å². The number of para-hydroxylation sites is 1. The highest BCUT2D eigenvalue weighted by Crippen LogP contribution is 2.22. The number of ketones is 1. The Hall–Kier alpha value is -2.63. The van der Waals surface area contributed by atoms with Crippen LogP contribution >= 0.6 is 0 Å². The van der Waals surface area contributed by atoms with Crippen LogP contribution in [-0.2, 0) is 20.8 Å². The van der Waals surface area contributed by atoms with Crippen molar-refractivity contribution in [2.45, 2.75) is 110 Å². The molecule has 1 aromatic carbocycles. The molecule has 1 atom stereocenters. The number of aromatic amines is 1. The van der Waals surface area contributed by atoms with Gasteiger partial charge in [-0.25, -0.2) is 0 Å². The van der Waals surface area contributed by atoms with Gasteiger partial charge in [0.15, 0.2) is 5.78 Å². The largest absolute Gasteiger partial charge is 0.481 e. The molecule has 2 aromatic rings. The van der Waals surface area contributed by atoms with Gasteiger partial charge in [-0.05, 0) is 24.5 Å². The number of aliphatic carboxylic acids is 1. The Morgan fingerprint density at radius 2 is 1.44 bits per heavy atom. The van der Waals surface area contributed by atoms with E-state index in [1.807, 2.05) is 30.5 Å². The van der Waals surface area contributed by atoms with E-state index >= 15 is 0 Å². The van der Waals surface area contributed by atoms with E-state index in [1.54, 1.807) is 0 Å². The maximum absolute atomic E-state index is 12.4. The molecule has 0 bridgehead atoms. The molecule has 1 amide bonds. The predicted molar refractivity (Wildman–Crippen MR) is 146 cm³/mol. The van der Waals surface area contributed by atoms with Crippen molar-refractivity contribution in [1.29, 1.82) is 0 Å². The average molecular weight is 499 g/mol. The molecule has 0 saturated heterocycles. The monoisotopic (exact) mass is 498 g/mol. The highest BCUT2D eigenvalue weighted by Gasteiger charge is 2.23. The second-order valence-corrected chi connectivity index (χ2v) is 10.1. The standard InChI is InChI=1S/C30H46N2O4/c1-2-3-4-5-6-7-8-9-10-11-12-13-14-19-29(34)32-23-26(33)21-24(30(35)36)20-25-22-31-28-18-16-15-17-27(25)28/h15-18,22,24,31H,2-14,19-21,23H2,1H3,(H,32,34)(H,35,36). The number of fused-ring (bicyclic) bond motifs is 1. The fraction of sp³-hybridized carbons (Fsp3) is 0.633. The number of nitrogens with one attached hydrogen (secondary N) is 2. The molecular formula is C30H46N2O4. The molecule has 0 aliphatic carbocycles. The van der Waals surface area contributed by atoms with E-state index in [4.69, 9.17) is 0 Å². The molecule has 0 aliphatic heterocycles. The first-order chi connectivity index (χ1) is 17.5. The number of carboxylic acids is 1. The smallest absolute Gasteiger partial charge is 0.307 e. The van der Waals surface area contributed by atoms with Gasteiger partial charge >= 0.3 is 5.97 Å². The van der Waals surface area contributed by atoms with Gasteiger partial charge in [0.2, 0.25) is 5.91 Å². The summed E-state index contributed by atoms with van der Waals surface area (Å²) in [5, 5.41) is 13.3. The molecule has 1 unspecified atom stereocenters. The van der Waals surface area contributed by atoms with Gasteiger partial charge in [-0.2, -0.15) is 0 Å². The first-order valence-corrected chi connectivity index (χ1v) is 14.1. The van der Waals surface area contributed by atoms with Crippen molar-refractivity contribution in [3.63, 3.8) is 0 Å². The van der Waals surface area contributed by atoms with Crippen LogP contribution in [0.1, 0.15) is 109 Å². The lowest BCUT2D eigenvalue weighted by Crippen LogP contribution is -2.31. The fourth-order valence-electron chi connectivity index (χ4n) is 4.75. The quantitative estimate of drug-likeness (QED) is 0.162. The van der Waals surface area contributed by atoms with Gasteiger partial charge in [-0.15, -0.1) is 0 Å². The van der Waals surface area contributed by atoms with E-state index in [2.05, 4.69) is 17.2 Å². The third-order valence-corrected chi connectivity index (χ3v) is 6.95. The molecule has 0 spiro atoms. The Morgan fingerprint density at radius 1 is 0.861 bits per heavy atom. The summed E-state index contributed by atoms with van der Waals surface area (Å²) in [6.45, 7) is 2.15. The summed E-state index contributed by atoms with van der Waals surface area (Å²) in [5.41, 5.74) is 1.83. The van der Waals surface area contributed by atoms with Gasteiger partial charge in [0.25, 0.3) is 0 Å². The van der Waals surface area contributed by atoms with Crippen LogP contribution < -0.4 is 5.32 Å². The molecule has 36 heavy (non-hydrogen) atoms. The zero-order valence-corrected chi connectivity index (χ0v) is 22.2. The molecule has 2 rings (SSSR count). The first kappa shape index (κ1) is 29.6. The Bertz CT molecular complexity index is 921. The Labute approximate surface area is 216 Å². The van der Waals surface area contributed by atoms with E-state index in [-0.39, 0.29) is 31.1 Å². The van der Waals surface area contributed by atoms with Gasteiger partial charge in [-0.3, -0.25) is 14.4 Å². The van der Waals surface area contributed by atoms with Crippen molar-refractivity contribution in [1.82, 2.24) is 10.3 Å². The Morgan fingerprint density at radius 3 is 2.06 bits per heavy atom. The minimum absolute atomic E-state index is 0.0894. The highest BCUT2D eigenvalue weighted by atomic mass is 16.4. The minimum atomic E-state index is -0.994. The van der Waals surface area contributed by atoms with Crippen LogP contribution in [0.3, 0.4) is 0 Å². The summed E-state index contributed by atoms with van der Waals surface area (Å²) in [5.74, 6) is -2.18. The minimum Gasteiger partial charge on any atom is -0.481 e. The molecule has 6 heteroatoms. The number of amides is 1. The maximum Gasteiger partial charge on any atom is 0.307 e. The van der Waals surface area contributed by atoms with Crippen LogP contribution in [0.2, 0.25) is 0 Å². The summed E-state index contributed by atoms with van der Waals surface area (Å²) in [6.07, 6.45) is 18.7. The van der Waals surface area contributed by atoms with Crippen molar-refractivity contribution in [3.8, 4) is 0 Å². The van der Waals surface area contributed by atoms with Crippen molar-refractivity contribution in [2.24, 2.45) is 5.92 Å². The van der Waals surface area contributed by atoms with Crippen LogP contribution in [0.15, 0.2) is 30.5 Å². The summed E-state index contributed by atoms with van der Waals surface area (Å²) in [7, 11) is 0. The number of rotatable bonds is 21. The molecule has 0 saturated carbocycles. The van der Waals surface area contributed by atoms with E-state index in [0.29, 0.717) is 6.42 Å². The van der Waals surface area contributed by atoms with Crippen LogP contribution in [0.25, 0.3) is 10.9 Å². The second-order valence-electron chi connectivity index (χ2n) is 10.1. The molecule has 0 aliphatic rings. The van der Waals surface area contributed by atoms with Crippen molar-refractivity contribution >= 4 is 28.6 Å². The summed E-state index contributed by atoms with van der Waals surface area (Å²) >= 11 is 0. The number of benzene rings is 1. The molecule has 1 heterocycles. The lowest BCUT2D eigenvalue weighted by atomic mass is 9.94. The third-order valence-electron chi connectivity index (χ3n) is 6.95. The van der Waals surface area contributed by atoms with Crippen molar-refractivity contribution in [3.05, 3.63) is 36.0 Å². The number of carbonyl (C=O) groups excluding carboxylic acids is 2. The van der Waals surface area contributed by atoms with Gasteiger partial charge in [0.1, 0.15) is 0 Å². The molecule has 0 fully saturated rings. The predicted octanol–water partition coefficient (Wildman–Crippen LogP) is 6.97. The third kappa shape index (κ3) is 11.9. The lowest BCUT2D eigenvalue weighted by molar-refractivity contribution is -0.143. The van der Waals surface area contributed by atoms with E-state index in [9.17, 15) is 19.5 Å². The normalized spacial score (nSPS) is 12.0. The zero-order valence-electron chi connectivity index (χ0n) is 22.2. The second kappa shape index (κ2) is 17.7. The van der Waals surface area contributed by atoms with Crippen molar-refractivity contribution in [2.75, 3.05) is 6.54 Å². The molecule has 200 valence electrons. The summed E-state index contributed by atoms with van der Waals surface area (Å²) < 4.78 is 0. The van der Waals surface area contributed by atoms with E-state index in [1.165, 1.54) is 64.2 Å². The number of hydrogen-bond donors (Lipinski definition) is 3. The van der Waals surface area contributed by atoms with Crippen LogP contribution in [0.4, 0.5) is 0 Å². The molecule has 0 radical (unpaired) electrons. The average Bonchev–Trinajstić information content (AvgIpc) is 3.28. The highest BCUT2D eigenvalue weighted by molar-refractivity contribution is 5.89. The number of hydrogen-bond acceptors (Lipinski definition) is 3. The Balaban J connectivity index is 1.52. The maximum atomic E-state index is 12.4. The van der Waals surface area contributed by atoms with Gasteiger partial charge in [0, 0.05) is 29.9 Å². The molecule has 3 N–H and O–H groups in total. The first-order valence-electron chi connectivity index (χ1n) is 14.1. The van der Waals surface area contributed by atoms with Crippen LogP contribution in [0, 0.1) is 5.92 Å². The van der Waals surface area contributed by atoms with Crippen molar-refractivity contribution < 1.29 is 19.5 Å². The number of H-pyrrole nitrogens is 1. The van der Waals surface area contributed by atoms with E-state index in [0.717, 1.165) is 35.7 Å². The molecular weight excluding hydrogens is 452 g/mol. The summed E-state index contributed by atoms with van der Waals surface area (Å²) in [6, 6.07) is 7.71. The van der Waals surface area contributed by atoms with Crippen LogP contribution in [-0.4, -0.2) is 34.3 Å². The van der Waals surface area contributed by atoms with Crippen LogP contribution in [0.5, 0.6) is 0 Å². The number of unbranched alkanes of at least 4 members (excludes halogenated alkanes) is 12. The van der Waals surface area contributed by atoms with E-state index < -0.39 is 11.9 Å². The fourth-order valence-corrected chi connectivity index (χ4v) is 4.75. The number of carbonyl (C=O) groups is 3. The Kier molecular flexibility index (Phi) is 14.6. The van der Waals surface area contributed by atoms with Gasteiger partial charge in [-0.1, -0.05) is 102 Å². The zero-order chi connectivity index (χ0) is 26.0. The lowest BCUT2D eigenvalue weighted by Gasteiger charge is -2.12. The number of aromatic nitrogens is 1. The van der Waals surface area contributed by atoms with Gasteiger partial charge < -0.3 is 15.4 Å². The number of Topliss-reactive ketones (excluding diaryl/α,β-unsaturated/α-hetero) is 1.